The number of benzene rings is 2. The van der Waals surface area contributed by atoms with Crippen molar-refractivity contribution < 1.29 is 19.2 Å². The minimum atomic E-state index is -0.437. The van der Waals surface area contributed by atoms with E-state index in [2.05, 4.69) is 5.10 Å². The molecule has 1 unspecified atom stereocenters. The summed E-state index contributed by atoms with van der Waals surface area (Å²) >= 11 is 0. The van der Waals surface area contributed by atoms with Crippen LogP contribution in [0.25, 0.3) is 6.08 Å². The van der Waals surface area contributed by atoms with Crippen molar-refractivity contribution in [2.45, 2.75) is 26.3 Å². The molecule has 29 heavy (non-hydrogen) atoms. The van der Waals surface area contributed by atoms with Gasteiger partial charge in [-0.05, 0) is 54.8 Å². The van der Waals surface area contributed by atoms with Crippen LogP contribution in [0.5, 0.6) is 11.5 Å². The normalized spacial score (nSPS) is 17.7. The zero-order valence-corrected chi connectivity index (χ0v) is 16.0. The summed E-state index contributed by atoms with van der Waals surface area (Å²) < 4.78 is 11.0. The molecule has 0 aliphatic carbocycles. The Balaban J connectivity index is 1.75. The second-order valence-corrected chi connectivity index (χ2v) is 6.95. The molecule has 8 nitrogen and oxygen atoms in total. The highest BCUT2D eigenvalue weighted by Gasteiger charge is 2.27. The molecule has 0 bridgehead atoms. The Labute approximate surface area is 167 Å². The molecular weight excluding hydrogens is 374 g/mol. The summed E-state index contributed by atoms with van der Waals surface area (Å²) in [7, 11) is 0. The predicted molar refractivity (Wildman–Crippen MR) is 107 cm³/mol. The summed E-state index contributed by atoms with van der Waals surface area (Å²) in [5, 5.41) is 16.9. The molecule has 0 aromatic heterocycles. The highest BCUT2D eigenvalue weighted by Crippen LogP contribution is 2.37. The number of rotatable bonds is 3. The molecule has 0 saturated heterocycles. The van der Waals surface area contributed by atoms with E-state index in [-0.39, 0.29) is 24.4 Å². The lowest BCUT2D eigenvalue weighted by Gasteiger charge is -2.21. The third-order valence-electron chi connectivity index (χ3n) is 4.88. The fourth-order valence-electron chi connectivity index (χ4n) is 3.45. The first-order valence-electron chi connectivity index (χ1n) is 9.16. The number of hydrogen-bond acceptors (Lipinski definition) is 6. The highest BCUT2D eigenvalue weighted by atomic mass is 16.7. The second-order valence-electron chi connectivity index (χ2n) is 6.95. The van der Waals surface area contributed by atoms with E-state index < -0.39 is 4.92 Å². The molecule has 2 heterocycles. The van der Waals surface area contributed by atoms with Gasteiger partial charge in [0, 0.05) is 24.6 Å². The lowest BCUT2D eigenvalue weighted by molar-refractivity contribution is -0.384. The van der Waals surface area contributed by atoms with Gasteiger partial charge in [-0.15, -0.1) is 0 Å². The molecule has 0 saturated carbocycles. The summed E-state index contributed by atoms with van der Waals surface area (Å²) in [6.45, 7) is 3.61. The summed E-state index contributed by atoms with van der Waals surface area (Å²) in [6.07, 6.45) is 4.24. The first-order chi connectivity index (χ1) is 13.9. The number of hydrogen-bond donors (Lipinski definition) is 0. The number of allylic oxidation sites excluding steroid dienone is 1. The molecule has 0 radical (unpaired) electrons. The number of fused-ring (bicyclic) bond motifs is 2. The van der Waals surface area contributed by atoms with Crippen molar-refractivity contribution >= 4 is 23.4 Å². The van der Waals surface area contributed by atoms with Crippen LogP contribution in [0.1, 0.15) is 30.5 Å². The zero-order chi connectivity index (χ0) is 20.5. The smallest absolute Gasteiger partial charge is 0.269 e. The summed E-state index contributed by atoms with van der Waals surface area (Å²) in [4.78, 5) is 22.5. The fraction of sp³-hybridized carbons (Fsp3) is 0.238. The van der Waals surface area contributed by atoms with Crippen molar-refractivity contribution in [3.8, 4) is 11.5 Å². The van der Waals surface area contributed by atoms with Crippen LogP contribution < -0.4 is 9.47 Å². The summed E-state index contributed by atoms with van der Waals surface area (Å²) in [6, 6.07) is 9.93. The van der Waals surface area contributed by atoms with E-state index in [1.807, 2.05) is 25.1 Å². The van der Waals surface area contributed by atoms with Crippen LogP contribution in [0, 0.1) is 10.1 Å². The van der Waals surface area contributed by atoms with Gasteiger partial charge in [0.1, 0.15) is 0 Å². The molecule has 2 aromatic carbocycles. The van der Waals surface area contributed by atoms with E-state index in [0.717, 1.165) is 16.7 Å². The number of hydrazone groups is 1. The average Bonchev–Trinajstić information content (AvgIpc) is 3.09. The van der Waals surface area contributed by atoms with Gasteiger partial charge < -0.3 is 9.47 Å². The zero-order valence-electron chi connectivity index (χ0n) is 16.0. The van der Waals surface area contributed by atoms with Gasteiger partial charge in [0.05, 0.1) is 16.7 Å². The maximum atomic E-state index is 12.1. The Hall–Kier alpha value is -3.68. The lowest BCUT2D eigenvalue weighted by atomic mass is 9.97. The minimum absolute atomic E-state index is 0.0311. The number of nitro groups is 1. The molecule has 1 atom stereocenters. The van der Waals surface area contributed by atoms with Gasteiger partial charge in [0.25, 0.3) is 5.69 Å². The van der Waals surface area contributed by atoms with Crippen LogP contribution in [0.15, 0.2) is 47.6 Å². The monoisotopic (exact) mass is 393 g/mol. The molecule has 2 aliphatic rings. The highest BCUT2D eigenvalue weighted by molar-refractivity contribution is 6.12. The van der Waals surface area contributed by atoms with Crippen molar-refractivity contribution in [3.05, 3.63) is 69.3 Å². The Morgan fingerprint density at radius 3 is 2.55 bits per heavy atom. The van der Waals surface area contributed by atoms with Crippen LogP contribution in [0.2, 0.25) is 0 Å². The molecule has 1 amide bonds. The fourth-order valence-corrected chi connectivity index (χ4v) is 3.45. The van der Waals surface area contributed by atoms with Gasteiger partial charge in [0.2, 0.25) is 12.7 Å². The number of ether oxygens (including phenoxy) is 2. The van der Waals surface area contributed by atoms with Gasteiger partial charge in [-0.3, -0.25) is 14.9 Å². The van der Waals surface area contributed by atoms with Crippen LogP contribution in [0.3, 0.4) is 0 Å². The third-order valence-corrected chi connectivity index (χ3v) is 4.88. The molecule has 0 spiro atoms. The van der Waals surface area contributed by atoms with E-state index in [9.17, 15) is 14.9 Å². The summed E-state index contributed by atoms with van der Waals surface area (Å²) in [5.74, 6) is 1.18. The van der Waals surface area contributed by atoms with Crippen LogP contribution in [-0.2, 0) is 11.2 Å². The number of amides is 1. The maximum Gasteiger partial charge on any atom is 0.269 e. The van der Waals surface area contributed by atoms with Crippen molar-refractivity contribution in [3.63, 3.8) is 0 Å². The topological polar surface area (TPSA) is 94.3 Å². The molecule has 8 heteroatoms. The Kier molecular flexibility index (Phi) is 4.75. The van der Waals surface area contributed by atoms with Crippen LogP contribution in [-0.4, -0.2) is 34.4 Å². The van der Waals surface area contributed by atoms with E-state index >= 15 is 0 Å². The van der Waals surface area contributed by atoms with Gasteiger partial charge >= 0.3 is 0 Å². The van der Waals surface area contributed by atoms with Crippen LogP contribution in [0.4, 0.5) is 5.69 Å². The van der Waals surface area contributed by atoms with Crippen molar-refractivity contribution in [1.82, 2.24) is 5.01 Å². The second kappa shape index (κ2) is 7.38. The number of carbonyl (C=O) groups is 1. The molecule has 2 aliphatic heterocycles. The molecular formula is C21H19N3O5. The predicted octanol–water partition coefficient (Wildman–Crippen LogP) is 3.53. The average molecular weight is 393 g/mol. The third kappa shape index (κ3) is 3.69. The van der Waals surface area contributed by atoms with Crippen LogP contribution >= 0.6 is 0 Å². The quantitative estimate of drug-likeness (QED) is 0.587. The number of nitrogens with zero attached hydrogens (tertiary/aromatic N) is 3. The number of carbonyl (C=O) groups excluding carboxylic acids is 1. The maximum absolute atomic E-state index is 12.1. The lowest BCUT2D eigenvalue weighted by Crippen LogP contribution is -2.33. The van der Waals surface area contributed by atoms with E-state index in [1.165, 1.54) is 24.1 Å². The van der Waals surface area contributed by atoms with Gasteiger partial charge in [-0.25, -0.2) is 5.01 Å². The number of nitro benzene ring substituents is 1. The largest absolute Gasteiger partial charge is 0.454 e. The molecule has 148 valence electrons. The van der Waals surface area contributed by atoms with Crippen molar-refractivity contribution in [2.24, 2.45) is 5.10 Å². The molecule has 2 aromatic rings. The number of non-ortho nitro benzene ring substituents is 1. The van der Waals surface area contributed by atoms with Crippen molar-refractivity contribution in [2.75, 3.05) is 6.79 Å². The summed E-state index contributed by atoms with van der Waals surface area (Å²) in [5.41, 5.74) is 3.30. The minimum Gasteiger partial charge on any atom is -0.454 e. The first kappa shape index (κ1) is 18.7. The Bertz CT molecular complexity index is 1040. The van der Waals surface area contributed by atoms with E-state index in [4.69, 9.17) is 9.47 Å². The Morgan fingerprint density at radius 1 is 1.21 bits per heavy atom. The van der Waals surface area contributed by atoms with Crippen molar-refractivity contribution in [1.29, 1.82) is 0 Å². The standard InChI is InChI=1S/C21H19N3O5/c1-13-9-16-10-20-21(29-12-28-20)11-18(16)19(22-23(13)14(2)25)8-5-15-3-6-17(7-4-15)24(26)27/h3-8,10-11,13H,9,12H2,1-2H3/b8-5+. The molecule has 4 rings (SSSR count). The van der Waals surface area contributed by atoms with E-state index in [1.54, 1.807) is 18.2 Å². The molecule has 0 fully saturated rings. The van der Waals surface area contributed by atoms with Gasteiger partial charge in [0.15, 0.2) is 11.5 Å². The van der Waals surface area contributed by atoms with E-state index in [0.29, 0.717) is 23.6 Å². The van der Waals surface area contributed by atoms with Gasteiger partial charge in [-0.1, -0.05) is 6.08 Å². The SMILES string of the molecule is CC(=O)N1N=C(/C=C/c2ccc([N+](=O)[O-])cc2)c2cc3c(cc2CC1C)OCO3. The molecule has 0 N–H and O–H groups in total. The first-order valence-corrected chi connectivity index (χ1v) is 9.16. The van der Waals surface area contributed by atoms with Gasteiger partial charge in [-0.2, -0.15) is 5.10 Å². The Morgan fingerprint density at radius 2 is 1.90 bits per heavy atom.